The summed E-state index contributed by atoms with van der Waals surface area (Å²) >= 11 is 0. The fraction of sp³-hybridized carbons (Fsp3) is 0.700. The lowest BCUT2D eigenvalue weighted by molar-refractivity contribution is -0.143. The molecular formula is C10H18N2O6. The van der Waals surface area contributed by atoms with E-state index in [1.807, 2.05) is 0 Å². The van der Waals surface area contributed by atoms with Crippen LogP contribution < -0.4 is 5.32 Å². The van der Waals surface area contributed by atoms with Crippen molar-refractivity contribution in [1.29, 1.82) is 0 Å². The molecule has 0 aliphatic heterocycles. The summed E-state index contributed by atoms with van der Waals surface area (Å²) in [4.78, 5) is 34.2. The number of hydrogen-bond acceptors (Lipinski definition) is 5. The van der Waals surface area contributed by atoms with Gasteiger partial charge in [0.1, 0.15) is 13.2 Å². The Bertz CT molecular complexity index is 307. The number of nitrogens with zero attached hydrogens (tertiary/aromatic N) is 1. The molecule has 1 atom stereocenters. The highest BCUT2D eigenvalue weighted by molar-refractivity contribution is 5.95. The number of carboxylic acid groups (broad SMARTS) is 1. The number of carbonyl (C=O) groups is 3. The van der Waals surface area contributed by atoms with Crippen molar-refractivity contribution in [3.05, 3.63) is 0 Å². The number of hydrogen-bond donors (Lipinski definition) is 2. The van der Waals surface area contributed by atoms with E-state index in [1.165, 1.54) is 19.1 Å². The lowest BCUT2D eigenvalue weighted by atomic mass is 10.3. The number of urea groups is 1. The van der Waals surface area contributed by atoms with Gasteiger partial charge in [-0.25, -0.2) is 9.59 Å². The molecule has 2 N–H and O–H groups in total. The molecule has 0 aliphatic carbocycles. The minimum absolute atomic E-state index is 0.192. The summed E-state index contributed by atoms with van der Waals surface area (Å²) in [5.74, 6) is -1.88. The van der Waals surface area contributed by atoms with Crippen LogP contribution in [0.2, 0.25) is 0 Å². The van der Waals surface area contributed by atoms with Gasteiger partial charge in [-0.2, -0.15) is 0 Å². The van der Waals surface area contributed by atoms with Crippen LogP contribution in [0.1, 0.15) is 6.92 Å². The summed E-state index contributed by atoms with van der Waals surface area (Å²) in [5, 5.41) is 10.3. The van der Waals surface area contributed by atoms with E-state index in [1.54, 1.807) is 6.92 Å². The predicted octanol–water partition coefficient (Wildman–Crippen LogP) is -0.709. The summed E-state index contributed by atoms with van der Waals surface area (Å²) in [7, 11) is 3.03. The zero-order valence-corrected chi connectivity index (χ0v) is 10.6. The fourth-order valence-electron chi connectivity index (χ4n) is 1.03. The Balaban J connectivity index is 3.99. The van der Waals surface area contributed by atoms with Gasteiger partial charge in [0.2, 0.25) is 0 Å². The molecule has 8 heteroatoms. The molecule has 0 aromatic carbocycles. The largest absolute Gasteiger partial charge is 0.480 e. The zero-order chi connectivity index (χ0) is 14.1. The standard InChI is InChI=1S/C10H18N2O6/c1-7(4-17-3)12(2)10(16)11-8(13)5-18-6-9(14)15/h7H,4-6H2,1-3H3,(H,14,15)(H,11,13,16). The van der Waals surface area contributed by atoms with Crippen molar-refractivity contribution >= 4 is 17.9 Å². The molecule has 1 unspecified atom stereocenters. The van der Waals surface area contributed by atoms with Crippen LogP contribution in [0.4, 0.5) is 4.79 Å². The Morgan fingerprint density at radius 1 is 1.33 bits per heavy atom. The first-order valence-electron chi connectivity index (χ1n) is 5.23. The Morgan fingerprint density at radius 3 is 2.44 bits per heavy atom. The van der Waals surface area contributed by atoms with Crippen molar-refractivity contribution in [3.63, 3.8) is 0 Å². The Kier molecular flexibility index (Phi) is 7.64. The van der Waals surface area contributed by atoms with Gasteiger partial charge in [0, 0.05) is 14.2 Å². The minimum Gasteiger partial charge on any atom is -0.480 e. The highest BCUT2D eigenvalue weighted by Crippen LogP contribution is 1.96. The molecule has 0 bridgehead atoms. The van der Waals surface area contributed by atoms with E-state index in [4.69, 9.17) is 9.84 Å². The summed E-state index contributed by atoms with van der Waals surface area (Å²) in [6.45, 7) is 1.03. The number of aliphatic carboxylic acids is 1. The van der Waals surface area contributed by atoms with Crippen LogP contribution in [-0.4, -0.2) is 67.9 Å². The van der Waals surface area contributed by atoms with E-state index in [2.05, 4.69) is 10.1 Å². The quantitative estimate of drug-likeness (QED) is 0.628. The van der Waals surface area contributed by atoms with Crippen molar-refractivity contribution in [3.8, 4) is 0 Å². The van der Waals surface area contributed by atoms with Gasteiger partial charge in [-0.15, -0.1) is 0 Å². The van der Waals surface area contributed by atoms with E-state index in [-0.39, 0.29) is 6.04 Å². The predicted molar refractivity (Wildman–Crippen MR) is 61.1 cm³/mol. The molecule has 0 fully saturated rings. The van der Waals surface area contributed by atoms with E-state index in [9.17, 15) is 14.4 Å². The summed E-state index contributed by atoms with van der Waals surface area (Å²) < 4.78 is 9.41. The highest BCUT2D eigenvalue weighted by Gasteiger charge is 2.17. The van der Waals surface area contributed by atoms with Crippen molar-refractivity contribution in [2.24, 2.45) is 0 Å². The number of rotatable bonds is 7. The van der Waals surface area contributed by atoms with Crippen molar-refractivity contribution in [2.45, 2.75) is 13.0 Å². The zero-order valence-electron chi connectivity index (χ0n) is 10.6. The number of amides is 3. The lowest BCUT2D eigenvalue weighted by Gasteiger charge is -2.23. The average Bonchev–Trinajstić information content (AvgIpc) is 2.27. The second-order valence-corrected chi connectivity index (χ2v) is 3.66. The smallest absolute Gasteiger partial charge is 0.329 e. The van der Waals surface area contributed by atoms with Crippen molar-refractivity contribution < 1.29 is 29.0 Å². The summed E-state index contributed by atoms with van der Waals surface area (Å²) in [6.07, 6.45) is 0. The third kappa shape index (κ3) is 6.81. The topological polar surface area (TPSA) is 105 Å². The first-order chi connectivity index (χ1) is 8.38. The molecule has 0 radical (unpaired) electrons. The van der Waals surface area contributed by atoms with Crippen LogP contribution >= 0.6 is 0 Å². The minimum atomic E-state index is -1.18. The molecule has 18 heavy (non-hydrogen) atoms. The number of carboxylic acids is 1. The number of carbonyl (C=O) groups excluding carboxylic acids is 2. The van der Waals surface area contributed by atoms with Crippen LogP contribution in [0.3, 0.4) is 0 Å². The monoisotopic (exact) mass is 262 g/mol. The van der Waals surface area contributed by atoms with Gasteiger partial charge in [-0.05, 0) is 6.92 Å². The van der Waals surface area contributed by atoms with Gasteiger partial charge in [-0.3, -0.25) is 10.1 Å². The van der Waals surface area contributed by atoms with Crippen LogP contribution in [0.5, 0.6) is 0 Å². The third-order valence-electron chi connectivity index (χ3n) is 2.09. The van der Waals surface area contributed by atoms with Crippen molar-refractivity contribution in [1.82, 2.24) is 10.2 Å². The average molecular weight is 262 g/mol. The molecule has 3 amide bonds. The number of ether oxygens (including phenoxy) is 2. The van der Waals surface area contributed by atoms with Gasteiger partial charge in [-0.1, -0.05) is 0 Å². The van der Waals surface area contributed by atoms with Crippen LogP contribution in [-0.2, 0) is 19.1 Å². The van der Waals surface area contributed by atoms with E-state index in [0.717, 1.165) is 0 Å². The van der Waals surface area contributed by atoms with E-state index in [0.29, 0.717) is 6.61 Å². The van der Waals surface area contributed by atoms with Crippen LogP contribution in [0, 0.1) is 0 Å². The molecule has 0 aromatic heterocycles. The van der Waals surface area contributed by atoms with Crippen LogP contribution in [0.15, 0.2) is 0 Å². The second-order valence-electron chi connectivity index (χ2n) is 3.66. The molecule has 0 aliphatic rings. The Hall–Kier alpha value is -1.67. The molecule has 0 spiro atoms. The second kappa shape index (κ2) is 8.43. The Labute approximate surface area is 105 Å². The molecule has 0 rings (SSSR count). The molecule has 8 nitrogen and oxygen atoms in total. The van der Waals surface area contributed by atoms with Gasteiger partial charge < -0.3 is 19.5 Å². The molecule has 104 valence electrons. The molecular weight excluding hydrogens is 244 g/mol. The molecule has 0 saturated heterocycles. The highest BCUT2D eigenvalue weighted by atomic mass is 16.5. The maximum atomic E-state index is 11.5. The Morgan fingerprint density at radius 2 is 1.94 bits per heavy atom. The SMILES string of the molecule is COCC(C)N(C)C(=O)NC(=O)COCC(=O)O. The van der Waals surface area contributed by atoms with Gasteiger partial charge >= 0.3 is 12.0 Å². The first kappa shape index (κ1) is 16.3. The summed E-state index contributed by atoms with van der Waals surface area (Å²) in [5.41, 5.74) is 0. The normalized spacial score (nSPS) is 11.7. The van der Waals surface area contributed by atoms with Crippen LogP contribution in [0.25, 0.3) is 0 Å². The lowest BCUT2D eigenvalue weighted by Crippen LogP contribution is -2.47. The maximum absolute atomic E-state index is 11.5. The van der Waals surface area contributed by atoms with Gasteiger partial charge in [0.15, 0.2) is 0 Å². The maximum Gasteiger partial charge on any atom is 0.329 e. The number of nitrogens with one attached hydrogen (secondary N) is 1. The van der Waals surface area contributed by atoms with Gasteiger partial charge in [0.05, 0.1) is 12.6 Å². The van der Waals surface area contributed by atoms with E-state index < -0.39 is 31.1 Å². The number of methoxy groups -OCH3 is 1. The summed E-state index contributed by atoms with van der Waals surface area (Å²) in [6, 6.07) is -0.786. The third-order valence-corrected chi connectivity index (χ3v) is 2.09. The molecule has 0 aromatic rings. The molecule has 0 heterocycles. The van der Waals surface area contributed by atoms with Crippen molar-refractivity contribution in [2.75, 3.05) is 34.0 Å². The fourth-order valence-corrected chi connectivity index (χ4v) is 1.03. The van der Waals surface area contributed by atoms with E-state index >= 15 is 0 Å². The first-order valence-corrected chi connectivity index (χ1v) is 5.23. The number of imide groups is 1. The number of likely N-dealkylation sites (N-methyl/N-ethyl adjacent to an activating group) is 1. The van der Waals surface area contributed by atoms with Gasteiger partial charge in [0.25, 0.3) is 5.91 Å². The molecule has 0 saturated carbocycles.